The summed E-state index contributed by atoms with van der Waals surface area (Å²) >= 11 is 0. The highest BCUT2D eigenvalue weighted by atomic mass is 15.2. The van der Waals surface area contributed by atoms with E-state index in [-0.39, 0.29) is 0 Å². The Morgan fingerprint density at radius 2 is 2.36 bits per heavy atom. The first-order chi connectivity index (χ1) is 6.95. The molecule has 0 radical (unpaired) electrons. The molecule has 0 amide bonds. The van der Waals surface area contributed by atoms with E-state index < -0.39 is 0 Å². The molecule has 2 heteroatoms. The number of aliphatic imine (C=N–C) groups is 1. The summed E-state index contributed by atoms with van der Waals surface area (Å²) in [6.45, 7) is 0.910. The second-order valence-corrected chi connectivity index (χ2v) is 3.76. The molecule has 0 fully saturated rings. The molecular formula is C12H12N2. The molecule has 0 bridgehead atoms. The highest BCUT2D eigenvalue weighted by molar-refractivity contribution is 5.62. The van der Waals surface area contributed by atoms with E-state index in [1.165, 1.54) is 5.57 Å². The second-order valence-electron chi connectivity index (χ2n) is 3.76. The lowest BCUT2D eigenvalue weighted by molar-refractivity contribution is 0.348. The van der Waals surface area contributed by atoms with Crippen molar-refractivity contribution >= 4 is 6.21 Å². The van der Waals surface area contributed by atoms with E-state index in [1.807, 2.05) is 12.4 Å². The maximum Gasteiger partial charge on any atom is 0.0639 e. The van der Waals surface area contributed by atoms with Gasteiger partial charge in [-0.25, -0.2) is 0 Å². The van der Waals surface area contributed by atoms with Crippen molar-refractivity contribution in [2.45, 2.75) is 6.04 Å². The minimum Gasteiger partial charge on any atom is -0.365 e. The van der Waals surface area contributed by atoms with Crippen LogP contribution in [0, 0.1) is 5.92 Å². The molecule has 2 heterocycles. The fraction of sp³-hybridized carbons (Fsp3) is 0.250. The monoisotopic (exact) mass is 184 g/mol. The zero-order chi connectivity index (χ0) is 9.38. The average Bonchev–Trinajstić information content (AvgIpc) is 2.57. The molecule has 70 valence electrons. The highest BCUT2D eigenvalue weighted by Gasteiger charge is 2.30. The van der Waals surface area contributed by atoms with Crippen LogP contribution in [-0.2, 0) is 0 Å². The highest BCUT2D eigenvalue weighted by Crippen LogP contribution is 2.31. The third-order valence-electron chi connectivity index (χ3n) is 2.94. The van der Waals surface area contributed by atoms with Crippen LogP contribution in [0.1, 0.15) is 0 Å². The first-order valence-electron chi connectivity index (χ1n) is 4.96. The first kappa shape index (κ1) is 7.80. The Bertz CT molecular complexity index is 385. The maximum atomic E-state index is 4.19. The van der Waals surface area contributed by atoms with E-state index >= 15 is 0 Å². The Kier molecular flexibility index (Phi) is 1.66. The third-order valence-corrected chi connectivity index (χ3v) is 2.94. The maximum absolute atomic E-state index is 4.19. The van der Waals surface area contributed by atoms with Crippen LogP contribution in [0.15, 0.2) is 53.3 Å². The molecular weight excluding hydrogens is 172 g/mol. The van der Waals surface area contributed by atoms with E-state index in [2.05, 4.69) is 46.5 Å². The Morgan fingerprint density at radius 1 is 1.36 bits per heavy atom. The topological polar surface area (TPSA) is 15.6 Å². The molecule has 0 aromatic rings. The summed E-state index contributed by atoms with van der Waals surface area (Å²) in [5, 5.41) is 0. The lowest BCUT2D eigenvalue weighted by Gasteiger charge is -2.31. The molecule has 0 saturated heterocycles. The van der Waals surface area contributed by atoms with E-state index in [9.17, 15) is 0 Å². The number of nitrogens with zero attached hydrogens (tertiary/aromatic N) is 2. The number of allylic oxidation sites excluding steroid dienone is 2. The van der Waals surface area contributed by atoms with Crippen LogP contribution in [0.5, 0.6) is 0 Å². The van der Waals surface area contributed by atoms with E-state index in [1.54, 1.807) is 0 Å². The van der Waals surface area contributed by atoms with Crippen LogP contribution in [0.4, 0.5) is 0 Å². The molecule has 1 aliphatic carbocycles. The first-order valence-corrected chi connectivity index (χ1v) is 4.96. The summed E-state index contributed by atoms with van der Waals surface area (Å²) < 4.78 is 0. The molecule has 2 unspecified atom stereocenters. The van der Waals surface area contributed by atoms with Crippen LogP contribution in [0.2, 0.25) is 0 Å². The molecule has 14 heavy (non-hydrogen) atoms. The van der Waals surface area contributed by atoms with Gasteiger partial charge in [-0.2, -0.15) is 0 Å². The van der Waals surface area contributed by atoms with Gasteiger partial charge in [0.2, 0.25) is 0 Å². The Hall–Kier alpha value is -1.57. The third kappa shape index (κ3) is 1.07. The van der Waals surface area contributed by atoms with Crippen molar-refractivity contribution in [2.75, 3.05) is 6.54 Å². The fourth-order valence-corrected chi connectivity index (χ4v) is 2.27. The zero-order valence-corrected chi connectivity index (χ0v) is 7.88. The van der Waals surface area contributed by atoms with Crippen LogP contribution >= 0.6 is 0 Å². The normalized spacial score (nSPS) is 32.6. The molecule has 0 aromatic carbocycles. The van der Waals surface area contributed by atoms with Gasteiger partial charge in [-0.3, -0.25) is 4.99 Å². The van der Waals surface area contributed by atoms with Crippen molar-refractivity contribution in [2.24, 2.45) is 10.9 Å². The minimum absolute atomic E-state index is 0.503. The second kappa shape index (κ2) is 2.98. The molecule has 3 rings (SSSR count). The quantitative estimate of drug-likeness (QED) is 0.561. The summed E-state index contributed by atoms with van der Waals surface area (Å²) in [6, 6.07) is 0.503. The van der Waals surface area contributed by atoms with Crippen molar-refractivity contribution < 1.29 is 0 Å². The van der Waals surface area contributed by atoms with Crippen molar-refractivity contribution in [3.8, 4) is 0 Å². The molecule has 0 spiro atoms. The molecule has 2 aliphatic heterocycles. The van der Waals surface area contributed by atoms with Crippen molar-refractivity contribution in [1.29, 1.82) is 0 Å². The molecule has 0 aromatic heterocycles. The predicted molar refractivity (Wildman–Crippen MR) is 58.0 cm³/mol. The van der Waals surface area contributed by atoms with E-state index in [0.717, 1.165) is 6.54 Å². The van der Waals surface area contributed by atoms with Crippen LogP contribution < -0.4 is 0 Å². The molecule has 0 N–H and O–H groups in total. The van der Waals surface area contributed by atoms with Gasteiger partial charge in [0, 0.05) is 18.3 Å². The van der Waals surface area contributed by atoms with Gasteiger partial charge in [0.25, 0.3) is 0 Å². The van der Waals surface area contributed by atoms with Gasteiger partial charge < -0.3 is 4.90 Å². The SMILES string of the molecule is C1=CC2C=CN3CC=NC=CC(=C1)C23. The van der Waals surface area contributed by atoms with Gasteiger partial charge in [-0.05, 0) is 17.8 Å². The number of hydrogen-bond donors (Lipinski definition) is 0. The molecule has 3 aliphatic rings. The smallest absolute Gasteiger partial charge is 0.0639 e. The van der Waals surface area contributed by atoms with Crippen LogP contribution in [-0.4, -0.2) is 23.7 Å². The van der Waals surface area contributed by atoms with Gasteiger partial charge in [0.05, 0.1) is 12.6 Å². The molecule has 2 nitrogen and oxygen atoms in total. The van der Waals surface area contributed by atoms with E-state index in [4.69, 9.17) is 0 Å². The lowest BCUT2D eigenvalue weighted by atomic mass is 9.89. The summed E-state index contributed by atoms with van der Waals surface area (Å²) in [5.74, 6) is 0.547. The Balaban J connectivity index is 2.05. The average molecular weight is 184 g/mol. The summed E-state index contributed by atoms with van der Waals surface area (Å²) in [6.07, 6.45) is 17.0. The predicted octanol–water partition coefficient (Wildman–Crippen LogP) is 1.89. The van der Waals surface area contributed by atoms with Gasteiger partial charge in [-0.15, -0.1) is 0 Å². The largest absolute Gasteiger partial charge is 0.365 e. The van der Waals surface area contributed by atoms with Gasteiger partial charge in [0.1, 0.15) is 0 Å². The number of rotatable bonds is 0. The van der Waals surface area contributed by atoms with Crippen molar-refractivity contribution in [1.82, 2.24) is 4.90 Å². The fourth-order valence-electron chi connectivity index (χ4n) is 2.27. The van der Waals surface area contributed by atoms with Crippen molar-refractivity contribution in [3.63, 3.8) is 0 Å². The van der Waals surface area contributed by atoms with Gasteiger partial charge >= 0.3 is 0 Å². The lowest BCUT2D eigenvalue weighted by Crippen LogP contribution is -2.35. The minimum atomic E-state index is 0.503. The van der Waals surface area contributed by atoms with E-state index in [0.29, 0.717) is 12.0 Å². The van der Waals surface area contributed by atoms with Gasteiger partial charge in [-0.1, -0.05) is 24.3 Å². The van der Waals surface area contributed by atoms with Gasteiger partial charge in [0.15, 0.2) is 0 Å². The summed E-state index contributed by atoms with van der Waals surface area (Å²) in [5.41, 5.74) is 1.36. The van der Waals surface area contributed by atoms with Crippen LogP contribution in [0.3, 0.4) is 0 Å². The summed E-state index contributed by atoms with van der Waals surface area (Å²) in [7, 11) is 0. The molecule has 2 atom stereocenters. The number of hydrogen-bond acceptors (Lipinski definition) is 2. The Labute approximate surface area is 83.6 Å². The van der Waals surface area contributed by atoms with Crippen LogP contribution in [0.25, 0.3) is 0 Å². The van der Waals surface area contributed by atoms with Crippen molar-refractivity contribution in [3.05, 3.63) is 48.4 Å². The standard InChI is InChI=1S/C12H12N2/c1-2-10-4-6-13-7-9-14-8-5-11(3-1)12(10)14/h1-8,11-12H,9H2. The molecule has 0 saturated carbocycles. The Morgan fingerprint density at radius 3 is 3.36 bits per heavy atom. The zero-order valence-electron chi connectivity index (χ0n) is 7.88. The summed E-state index contributed by atoms with van der Waals surface area (Å²) in [4.78, 5) is 6.53.